The van der Waals surface area contributed by atoms with Gasteiger partial charge in [-0.25, -0.2) is 0 Å². The fourth-order valence-corrected chi connectivity index (χ4v) is 15.1. The highest BCUT2D eigenvalue weighted by molar-refractivity contribution is 6.02. The van der Waals surface area contributed by atoms with Crippen LogP contribution in [-0.2, 0) is 109 Å². The molecule has 2 aliphatic rings. The zero-order valence-corrected chi connectivity index (χ0v) is 78.8. The van der Waals surface area contributed by atoms with Gasteiger partial charge in [0.25, 0.3) is 0 Å². The van der Waals surface area contributed by atoms with Crippen molar-refractivity contribution in [1.29, 1.82) is 0 Å². The first-order valence-electron chi connectivity index (χ1n) is 45.2. The molecule has 20 amide bonds. The van der Waals surface area contributed by atoms with Gasteiger partial charge in [-0.15, -0.1) is 0 Å². The number of para-hydroxylation sites is 1. The Morgan fingerprint density at radius 2 is 0.813 bits per heavy atom. The quantitative estimate of drug-likeness (QED) is 0.0251. The first-order valence-corrected chi connectivity index (χ1v) is 45.2. The Kier molecular flexibility index (Phi) is 44.7. The number of benzene rings is 2. The van der Waals surface area contributed by atoms with E-state index in [2.05, 4.69) is 90.1 Å². The molecule has 45 heteroatoms. The minimum Gasteiger partial charge on any atom is -0.508 e. The van der Waals surface area contributed by atoms with Gasteiger partial charge in [0.2, 0.25) is 118 Å². The number of fused-ring (bicyclic) bond motifs is 1. The van der Waals surface area contributed by atoms with E-state index in [1.165, 1.54) is 61.8 Å². The third kappa shape index (κ3) is 35.9. The molecule has 0 radical (unpaired) electrons. The number of likely N-dealkylation sites (tertiary alicyclic amines) is 2. The number of hydrogen-bond acceptors (Lipinski definition) is 24. The van der Waals surface area contributed by atoms with E-state index in [1.54, 1.807) is 85.9 Å². The molecule has 0 bridgehead atoms. The molecule has 0 saturated carbocycles. The van der Waals surface area contributed by atoms with Crippen LogP contribution in [0.1, 0.15) is 179 Å². The SMILES string of the molecule is CC(C)C[C@H](NC(=O)[C@H](C)NC(=O)[C@H](CC(C)C)NC(=O)[C@H](C)NC(=O)[C@@H]1CCCN1C(=O)[C@@H]1CCCN1C(=O)CNC(=O)[C@H](CC(C)C)NC(=O)[C@H](CC(C)C)NC(=O)[C@H](Cc1ccc(O)cc1)NC(=O)CNC(=O)[C@H](C)NC(=O)[C@H](CO)NC(=O)[C@H](CC(N)=O)NC(=O)[C@H](CC(C)C)NC(=O)[C@@H](NC(=O)[C@H](Cc1c[nH]c2ccccc12)NC(=O)CN)C(C)O)C(=O)N[C@@H](C)C(N)=O. The predicted octanol–water partition coefficient (Wildman–Crippen LogP) is -5.34. The van der Waals surface area contributed by atoms with Crippen LogP contribution in [0.3, 0.4) is 0 Å². The monoisotopic (exact) mass is 1880 g/mol. The number of aliphatic hydroxyl groups excluding tert-OH is 2. The standard InChI is InChI=1S/C89H138N22O23/c1-43(2)30-58(78(123)95-41-72(118)110-28-19-23-68(110)89(134)111-29-18-22-67(111)87(132)99-51(14)77(122)103-60(32-45(5)6)80(125)98-50(13)76(121)102-59(31-44(3)4)79(124)96-48(11)74(92)119)104-81(126)61(33-46(7)8)105-83(128)63(35-53-24-26-55(114)27-25-53)101-71(117)40-94-75(120)49(12)97-86(131)66(42-112)108-84(129)65(37-69(91)115)106-82(127)62(34-47(9)10)107-88(133)73(52(15)113)109-85(130)64(100-70(116)38-90)36-54-39-93-57-21-17-16-20-56(54)57/h16-17,20-21,24-27,39,43-52,58-68,73,93,112-114H,18-19,22-23,28-38,40-42,90H2,1-15H3,(H2,91,115)(H2,92,119)(H,94,120)(H,95,123)(H,96,124)(H,97,131)(H,98,125)(H,99,132)(H,100,116)(H,101,117)(H,102,121)(H,103,122)(H,104,126)(H,105,128)(H,106,127)(H,107,133)(H,108,129)(H,109,130)/t48-,49-,50-,51-,52?,58-,59-,60-,61-,62-,63-,64-,65-,66-,67-,68-,73-/m0/s1. The van der Waals surface area contributed by atoms with Gasteiger partial charge in [0.1, 0.15) is 102 Å². The lowest BCUT2D eigenvalue weighted by atomic mass is 9.99. The molecule has 45 nitrogen and oxygen atoms in total. The van der Waals surface area contributed by atoms with E-state index in [1.807, 2.05) is 13.8 Å². The van der Waals surface area contributed by atoms with E-state index >= 15 is 0 Å². The van der Waals surface area contributed by atoms with Gasteiger partial charge in [-0.1, -0.05) is 99.6 Å². The average molecular weight is 1880 g/mol. The van der Waals surface area contributed by atoms with Crippen LogP contribution in [0.15, 0.2) is 54.7 Å². The molecule has 26 N–H and O–H groups in total. The number of phenols is 1. The maximum Gasteiger partial charge on any atom is 0.246 e. The number of aromatic nitrogens is 1. The predicted molar refractivity (Wildman–Crippen MR) is 487 cm³/mol. The van der Waals surface area contributed by atoms with Crippen molar-refractivity contribution in [3.05, 3.63) is 65.9 Å². The topological polar surface area (TPSA) is 695 Å². The van der Waals surface area contributed by atoms with Crippen molar-refractivity contribution < 1.29 is 111 Å². The van der Waals surface area contributed by atoms with Gasteiger partial charge in [-0.05, 0) is 151 Å². The van der Waals surface area contributed by atoms with Crippen molar-refractivity contribution in [2.24, 2.45) is 46.8 Å². The molecule has 3 heterocycles. The molecule has 0 aliphatic carbocycles. The second kappa shape index (κ2) is 53.7. The summed E-state index contributed by atoms with van der Waals surface area (Å²) in [6.45, 7) is 21.2. The molecule has 2 saturated heterocycles. The fraction of sp³-hybridized carbons (Fsp3) is 0.618. The van der Waals surface area contributed by atoms with E-state index in [-0.39, 0.29) is 106 Å². The number of nitrogens with zero attached hydrogens (tertiary/aromatic N) is 2. The largest absolute Gasteiger partial charge is 0.508 e. The van der Waals surface area contributed by atoms with Crippen LogP contribution in [0.4, 0.5) is 0 Å². The number of hydrogen-bond donors (Lipinski definition) is 23. The number of rotatable bonds is 53. The number of amides is 20. The molecule has 1 unspecified atom stereocenters. The number of nitrogens with two attached hydrogens (primary N) is 3. The Morgan fingerprint density at radius 3 is 1.31 bits per heavy atom. The van der Waals surface area contributed by atoms with Crippen LogP contribution < -0.4 is 102 Å². The van der Waals surface area contributed by atoms with Gasteiger partial charge in [0.15, 0.2) is 0 Å². The summed E-state index contributed by atoms with van der Waals surface area (Å²) in [5.74, 6) is -18.8. The van der Waals surface area contributed by atoms with E-state index in [0.29, 0.717) is 24.0 Å². The highest BCUT2D eigenvalue weighted by Crippen LogP contribution is 2.27. The first-order chi connectivity index (χ1) is 62.9. The zero-order chi connectivity index (χ0) is 100. The molecule has 134 heavy (non-hydrogen) atoms. The molecule has 0 spiro atoms. The number of carbonyl (C=O) groups excluding carboxylic acids is 20. The lowest BCUT2D eigenvalue weighted by Crippen LogP contribution is -2.62. The van der Waals surface area contributed by atoms with E-state index < -0.39 is 254 Å². The Bertz CT molecular complexity index is 4640. The number of phenolic OH excluding ortho intramolecular Hbond substituents is 1. The van der Waals surface area contributed by atoms with Gasteiger partial charge < -0.3 is 132 Å². The lowest BCUT2D eigenvalue weighted by Gasteiger charge is -2.31. The molecule has 1 aromatic heterocycles. The molecule has 17 atom stereocenters. The smallest absolute Gasteiger partial charge is 0.246 e. The fourth-order valence-electron chi connectivity index (χ4n) is 15.1. The molecule has 2 aliphatic heterocycles. The Balaban J connectivity index is 1.19. The van der Waals surface area contributed by atoms with Crippen molar-refractivity contribution in [3.8, 4) is 5.75 Å². The van der Waals surface area contributed by atoms with Gasteiger partial charge in [0.05, 0.1) is 38.8 Å². The molecular weight excluding hydrogens is 1750 g/mol. The summed E-state index contributed by atoms with van der Waals surface area (Å²) in [7, 11) is 0. The van der Waals surface area contributed by atoms with Crippen LogP contribution in [0.25, 0.3) is 10.9 Å². The Labute approximate surface area is 778 Å². The van der Waals surface area contributed by atoms with Gasteiger partial charge in [-0.3, -0.25) is 95.9 Å². The lowest BCUT2D eigenvalue weighted by molar-refractivity contribution is -0.147. The van der Waals surface area contributed by atoms with Gasteiger partial charge in [0, 0.05) is 43.0 Å². The van der Waals surface area contributed by atoms with Crippen LogP contribution >= 0.6 is 0 Å². The van der Waals surface area contributed by atoms with E-state index in [9.17, 15) is 111 Å². The minimum absolute atomic E-state index is 0.0201. The maximum absolute atomic E-state index is 14.5. The first kappa shape index (κ1) is 112. The number of aromatic hydroxyl groups is 1. The Hall–Kier alpha value is -12.9. The number of nitrogens with one attached hydrogen (secondary N) is 17. The molecule has 5 rings (SSSR count). The maximum atomic E-state index is 14.5. The summed E-state index contributed by atoms with van der Waals surface area (Å²) < 4.78 is 0. The summed E-state index contributed by atoms with van der Waals surface area (Å²) in [6.07, 6.45) is 0.0682. The minimum atomic E-state index is -1.89. The molecule has 3 aromatic rings. The molecule has 2 fully saturated rings. The average Bonchev–Trinajstić information content (AvgIpc) is 1.67. The number of primary amides is 2. The van der Waals surface area contributed by atoms with Crippen LogP contribution in [-0.4, -0.2) is 290 Å². The van der Waals surface area contributed by atoms with E-state index in [4.69, 9.17) is 17.2 Å². The van der Waals surface area contributed by atoms with Crippen LogP contribution in [0, 0.1) is 29.6 Å². The summed E-state index contributed by atoms with van der Waals surface area (Å²) in [6, 6.07) is -9.37. The summed E-state index contributed by atoms with van der Waals surface area (Å²) >= 11 is 0. The van der Waals surface area contributed by atoms with Gasteiger partial charge in [-0.2, -0.15) is 0 Å². The van der Waals surface area contributed by atoms with Gasteiger partial charge >= 0.3 is 0 Å². The summed E-state index contributed by atoms with van der Waals surface area (Å²) in [5, 5.41) is 72.0. The number of aliphatic hydroxyl groups is 2. The highest BCUT2D eigenvalue weighted by atomic mass is 16.3. The number of carbonyl (C=O) groups is 20. The van der Waals surface area contributed by atoms with Crippen molar-refractivity contribution in [1.82, 2.24) is 99.9 Å². The zero-order valence-electron chi connectivity index (χ0n) is 78.8. The van der Waals surface area contributed by atoms with Crippen molar-refractivity contribution >= 4 is 129 Å². The van der Waals surface area contributed by atoms with Crippen molar-refractivity contribution in [3.63, 3.8) is 0 Å². The number of H-pyrrole nitrogens is 1. The molecule has 2 aromatic carbocycles. The normalized spacial score (nSPS) is 17.0. The second-order valence-corrected chi connectivity index (χ2v) is 36.2. The van der Waals surface area contributed by atoms with Crippen molar-refractivity contribution in [2.75, 3.05) is 39.3 Å². The van der Waals surface area contributed by atoms with Crippen LogP contribution in [0.2, 0.25) is 0 Å². The highest BCUT2D eigenvalue weighted by Gasteiger charge is 2.45. The third-order valence-corrected chi connectivity index (χ3v) is 22.2. The third-order valence-electron chi connectivity index (χ3n) is 22.2. The van der Waals surface area contributed by atoms with Crippen LogP contribution in [0.5, 0.6) is 5.75 Å². The second-order valence-electron chi connectivity index (χ2n) is 36.2. The van der Waals surface area contributed by atoms with E-state index in [0.717, 1.165) is 17.8 Å². The Morgan fingerprint density at radius 1 is 0.410 bits per heavy atom. The number of aromatic amines is 1. The van der Waals surface area contributed by atoms with Crippen molar-refractivity contribution in [2.45, 2.75) is 284 Å². The summed E-state index contributed by atoms with van der Waals surface area (Å²) in [5.41, 5.74) is 18.1. The summed E-state index contributed by atoms with van der Waals surface area (Å²) in [4.78, 5) is 279. The molecule has 742 valence electrons. The molecular formula is C89H138N22O23.